The molecule has 0 spiro atoms. The Morgan fingerprint density at radius 3 is 3.30 bits per heavy atom. The molecule has 1 aliphatic rings. The topological polar surface area (TPSA) is 58.4 Å². The number of rotatable bonds is 4. The molecule has 1 amide bonds. The van der Waals surface area contributed by atoms with Crippen molar-refractivity contribution >= 4 is 17.2 Å². The van der Waals surface area contributed by atoms with Crippen LogP contribution in [0, 0.1) is 6.92 Å². The molecule has 0 unspecified atom stereocenters. The molecule has 0 bridgehead atoms. The van der Waals surface area contributed by atoms with Crippen molar-refractivity contribution < 1.29 is 9.32 Å². The van der Waals surface area contributed by atoms with Gasteiger partial charge in [0.25, 0.3) is 0 Å². The van der Waals surface area contributed by atoms with Crippen LogP contribution in [0.25, 0.3) is 0 Å². The predicted octanol–water partition coefficient (Wildman–Crippen LogP) is 1.72. The summed E-state index contributed by atoms with van der Waals surface area (Å²) in [5, 5.41) is 9.11. The number of nitrogens with zero attached hydrogens (tertiary/aromatic N) is 2. The first-order valence-electron chi connectivity index (χ1n) is 6.68. The summed E-state index contributed by atoms with van der Waals surface area (Å²) in [5.74, 6) is 0.927. The number of fused-ring (bicyclic) bond motifs is 1. The normalized spacial score (nSPS) is 14.3. The van der Waals surface area contributed by atoms with Crippen LogP contribution in [0.1, 0.15) is 21.9 Å². The Labute approximate surface area is 121 Å². The zero-order chi connectivity index (χ0) is 13.9. The summed E-state index contributed by atoms with van der Waals surface area (Å²) in [6.07, 6.45) is 0.973. The van der Waals surface area contributed by atoms with Crippen LogP contribution in [0.3, 0.4) is 0 Å². The maximum atomic E-state index is 12.1. The number of carbonyl (C=O) groups is 1. The molecule has 3 heterocycles. The van der Waals surface area contributed by atoms with Gasteiger partial charge in [0.15, 0.2) is 0 Å². The number of amides is 1. The highest BCUT2D eigenvalue weighted by Gasteiger charge is 2.20. The molecule has 20 heavy (non-hydrogen) atoms. The number of hydrogen-bond acceptors (Lipinski definition) is 5. The molecule has 5 nitrogen and oxygen atoms in total. The summed E-state index contributed by atoms with van der Waals surface area (Å²) in [6.45, 7) is 4.30. The number of nitrogens with one attached hydrogen (secondary N) is 1. The smallest absolute Gasteiger partial charge is 0.236 e. The summed E-state index contributed by atoms with van der Waals surface area (Å²) in [5.41, 5.74) is 2.12. The lowest BCUT2D eigenvalue weighted by Crippen LogP contribution is -2.40. The van der Waals surface area contributed by atoms with Crippen molar-refractivity contribution in [3.63, 3.8) is 0 Å². The maximum absolute atomic E-state index is 12.1. The van der Waals surface area contributed by atoms with Crippen molar-refractivity contribution in [1.29, 1.82) is 0 Å². The molecule has 0 atom stereocenters. The van der Waals surface area contributed by atoms with Gasteiger partial charge in [-0.25, -0.2) is 0 Å². The second-order valence-corrected chi connectivity index (χ2v) is 5.97. The number of carbonyl (C=O) groups excluding carboxylic acids is 1. The Balaban J connectivity index is 1.48. The lowest BCUT2D eigenvalue weighted by atomic mass is 10.1. The van der Waals surface area contributed by atoms with Crippen LogP contribution in [0.4, 0.5) is 0 Å². The molecule has 0 aromatic carbocycles. The van der Waals surface area contributed by atoms with Gasteiger partial charge in [0.1, 0.15) is 5.76 Å². The quantitative estimate of drug-likeness (QED) is 0.932. The third-order valence-corrected chi connectivity index (χ3v) is 4.44. The molecule has 106 valence electrons. The molecule has 2 aromatic rings. The highest BCUT2D eigenvalue weighted by atomic mass is 32.1. The Bertz CT molecular complexity index is 605. The van der Waals surface area contributed by atoms with E-state index in [-0.39, 0.29) is 5.91 Å². The number of aromatic nitrogens is 1. The lowest BCUT2D eigenvalue weighted by Gasteiger charge is -2.27. The Kier molecular flexibility index (Phi) is 3.84. The van der Waals surface area contributed by atoms with Crippen molar-refractivity contribution in [2.75, 3.05) is 13.1 Å². The van der Waals surface area contributed by atoms with Crippen LogP contribution >= 0.6 is 11.3 Å². The van der Waals surface area contributed by atoms with E-state index in [1.807, 2.05) is 17.9 Å². The van der Waals surface area contributed by atoms with Gasteiger partial charge < -0.3 is 14.7 Å². The van der Waals surface area contributed by atoms with E-state index in [1.165, 1.54) is 10.4 Å². The molecule has 0 radical (unpaired) electrons. The van der Waals surface area contributed by atoms with Gasteiger partial charge in [-0.2, -0.15) is 0 Å². The monoisotopic (exact) mass is 291 g/mol. The second kappa shape index (κ2) is 5.76. The highest BCUT2D eigenvalue weighted by Crippen LogP contribution is 2.23. The number of thiophene rings is 1. The highest BCUT2D eigenvalue weighted by molar-refractivity contribution is 7.10. The van der Waals surface area contributed by atoms with E-state index < -0.39 is 0 Å². The van der Waals surface area contributed by atoms with Gasteiger partial charge in [-0.15, -0.1) is 11.3 Å². The fraction of sp³-hybridized carbons (Fsp3) is 0.429. The van der Waals surface area contributed by atoms with Crippen LogP contribution < -0.4 is 5.32 Å². The van der Waals surface area contributed by atoms with Gasteiger partial charge in [0.2, 0.25) is 5.91 Å². The molecule has 2 aromatic heterocycles. The molecule has 6 heteroatoms. The van der Waals surface area contributed by atoms with Crippen molar-refractivity contribution in [1.82, 2.24) is 15.4 Å². The first kappa shape index (κ1) is 13.3. The summed E-state index contributed by atoms with van der Waals surface area (Å²) >= 11 is 1.78. The van der Waals surface area contributed by atoms with E-state index in [0.29, 0.717) is 13.1 Å². The van der Waals surface area contributed by atoms with Gasteiger partial charge >= 0.3 is 0 Å². The molecule has 0 saturated heterocycles. The van der Waals surface area contributed by atoms with E-state index in [9.17, 15) is 4.79 Å². The average molecular weight is 291 g/mol. The van der Waals surface area contributed by atoms with Crippen molar-refractivity contribution in [3.8, 4) is 0 Å². The molecule has 0 fully saturated rings. The summed E-state index contributed by atoms with van der Waals surface area (Å²) in [4.78, 5) is 15.5. The van der Waals surface area contributed by atoms with Gasteiger partial charge in [-0.05, 0) is 30.4 Å². The Morgan fingerprint density at radius 2 is 2.50 bits per heavy atom. The SMILES string of the molecule is Cc1cc(CNCC(=O)N2CCc3sccc3C2)no1. The van der Waals surface area contributed by atoms with Crippen LogP contribution in [-0.4, -0.2) is 29.1 Å². The van der Waals surface area contributed by atoms with Crippen molar-refractivity contribution in [2.45, 2.75) is 26.4 Å². The maximum Gasteiger partial charge on any atom is 0.236 e. The molecule has 1 aliphatic heterocycles. The summed E-state index contributed by atoms with van der Waals surface area (Å²) < 4.78 is 4.98. The van der Waals surface area contributed by atoms with E-state index in [0.717, 1.165) is 31.0 Å². The Morgan fingerprint density at radius 1 is 1.60 bits per heavy atom. The third kappa shape index (κ3) is 2.91. The van der Waals surface area contributed by atoms with Crippen LogP contribution in [0.5, 0.6) is 0 Å². The summed E-state index contributed by atoms with van der Waals surface area (Å²) in [6, 6.07) is 3.99. The van der Waals surface area contributed by atoms with E-state index >= 15 is 0 Å². The summed E-state index contributed by atoms with van der Waals surface area (Å²) in [7, 11) is 0. The number of aryl methyl sites for hydroxylation is 1. The van der Waals surface area contributed by atoms with Crippen LogP contribution in [-0.2, 0) is 24.3 Å². The minimum absolute atomic E-state index is 0.141. The minimum Gasteiger partial charge on any atom is -0.361 e. The average Bonchev–Trinajstić information content (AvgIpc) is 3.06. The lowest BCUT2D eigenvalue weighted by molar-refractivity contribution is -0.131. The van der Waals surface area contributed by atoms with E-state index in [4.69, 9.17) is 4.52 Å². The van der Waals surface area contributed by atoms with Gasteiger partial charge in [-0.3, -0.25) is 4.79 Å². The van der Waals surface area contributed by atoms with Crippen molar-refractivity contribution in [3.05, 3.63) is 39.4 Å². The zero-order valence-electron chi connectivity index (χ0n) is 11.4. The van der Waals surface area contributed by atoms with Crippen molar-refractivity contribution in [2.24, 2.45) is 0 Å². The third-order valence-electron chi connectivity index (χ3n) is 3.42. The van der Waals surface area contributed by atoms with Crippen LogP contribution in [0.15, 0.2) is 22.0 Å². The number of hydrogen-bond donors (Lipinski definition) is 1. The first-order chi connectivity index (χ1) is 9.72. The molecule has 0 saturated carbocycles. The molecular formula is C14H17N3O2S. The molecule has 0 aliphatic carbocycles. The van der Waals surface area contributed by atoms with Gasteiger partial charge in [0.05, 0.1) is 12.2 Å². The standard InChI is InChI=1S/C14H17N3O2S/c1-10-6-12(16-19-10)7-15-8-14(18)17-4-2-13-11(9-17)3-5-20-13/h3,5-6,15H,2,4,7-9H2,1H3. The minimum atomic E-state index is 0.141. The predicted molar refractivity (Wildman–Crippen MR) is 76.4 cm³/mol. The fourth-order valence-corrected chi connectivity index (χ4v) is 3.26. The molecular weight excluding hydrogens is 274 g/mol. The Hall–Kier alpha value is -1.66. The fourth-order valence-electron chi connectivity index (χ4n) is 2.37. The largest absolute Gasteiger partial charge is 0.361 e. The van der Waals surface area contributed by atoms with E-state index in [1.54, 1.807) is 11.3 Å². The zero-order valence-corrected chi connectivity index (χ0v) is 12.2. The van der Waals surface area contributed by atoms with Crippen LogP contribution in [0.2, 0.25) is 0 Å². The second-order valence-electron chi connectivity index (χ2n) is 4.97. The van der Waals surface area contributed by atoms with Gasteiger partial charge in [-0.1, -0.05) is 5.16 Å². The van der Waals surface area contributed by atoms with E-state index in [2.05, 4.69) is 21.9 Å². The molecule has 1 N–H and O–H groups in total. The van der Waals surface area contributed by atoms with Gasteiger partial charge in [0, 0.05) is 30.6 Å². The molecule has 3 rings (SSSR count). The first-order valence-corrected chi connectivity index (χ1v) is 7.56.